The van der Waals surface area contributed by atoms with Gasteiger partial charge < -0.3 is 24.4 Å². The molecule has 3 saturated heterocycles. The van der Waals surface area contributed by atoms with Gasteiger partial charge >= 0.3 is 0 Å². The Bertz CT molecular complexity index is 1510. The number of likely N-dealkylation sites (N-methyl/N-ethyl adjacent to an activating group) is 1. The van der Waals surface area contributed by atoms with Crippen LogP contribution in [0.4, 0.5) is 5.69 Å². The molecule has 1 amide bonds. The summed E-state index contributed by atoms with van der Waals surface area (Å²) in [7, 11) is 2.18. The van der Waals surface area contributed by atoms with Gasteiger partial charge in [0, 0.05) is 85.6 Å². The van der Waals surface area contributed by atoms with Crippen molar-refractivity contribution in [3.8, 4) is 22.3 Å². The first-order valence-corrected chi connectivity index (χ1v) is 13.3. The van der Waals surface area contributed by atoms with E-state index < -0.39 is 0 Å². The standard InChI is InChI=1S/C30H32N6O2/c1-20-11-21(4-6-27(20)35-9-7-34(2)8-10-35)23-12-24-25(15-33-28(24)32-14-23)22-3-5-26(31-13-22)29(37)36-16-30(17-36)18-38-19-30/h3-6,11-15H,7-10,16-19H2,1-2H3,(H,32,33). The van der Waals surface area contributed by atoms with E-state index >= 15 is 0 Å². The first-order valence-electron chi connectivity index (χ1n) is 13.3. The minimum Gasteiger partial charge on any atom is -0.380 e. The summed E-state index contributed by atoms with van der Waals surface area (Å²) in [5.41, 5.74) is 8.34. The van der Waals surface area contributed by atoms with E-state index in [1.165, 1.54) is 11.3 Å². The van der Waals surface area contributed by atoms with Crippen LogP contribution in [0.3, 0.4) is 0 Å². The molecule has 3 fully saturated rings. The number of fused-ring (bicyclic) bond motifs is 1. The second-order valence-corrected chi connectivity index (χ2v) is 11.2. The summed E-state index contributed by atoms with van der Waals surface area (Å²) in [5, 5.41) is 1.04. The van der Waals surface area contributed by atoms with Crippen molar-refractivity contribution in [3.63, 3.8) is 0 Å². The van der Waals surface area contributed by atoms with Crippen LogP contribution in [0.25, 0.3) is 33.3 Å². The Morgan fingerprint density at radius 3 is 2.39 bits per heavy atom. The van der Waals surface area contributed by atoms with Gasteiger partial charge in [0.05, 0.1) is 18.6 Å². The number of pyridine rings is 2. The minimum absolute atomic E-state index is 0.00709. The number of H-pyrrole nitrogens is 1. The van der Waals surface area contributed by atoms with Crippen LogP contribution in [0.1, 0.15) is 16.1 Å². The number of benzene rings is 1. The van der Waals surface area contributed by atoms with Gasteiger partial charge in [0.1, 0.15) is 11.3 Å². The van der Waals surface area contributed by atoms with Crippen molar-refractivity contribution in [1.82, 2.24) is 24.8 Å². The molecule has 6 heterocycles. The molecule has 3 aliphatic heterocycles. The Morgan fingerprint density at radius 2 is 1.71 bits per heavy atom. The van der Waals surface area contributed by atoms with Crippen molar-refractivity contribution in [3.05, 3.63) is 66.2 Å². The van der Waals surface area contributed by atoms with E-state index in [-0.39, 0.29) is 11.3 Å². The third-order valence-electron chi connectivity index (χ3n) is 8.36. The lowest BCUT2D eigenvalue weighted by molar-refractivity contribution is -0.176. The number of carbonyl (C=O) groups excluding carboxylic acids is 1. The third-order valence-corrected chi connectivity index (χ3v) is 8.36. The Hall–Kier alpha value is -3.75. The van der Waals surface area contributed by atoms with Crippen molar-refractivity contribution in [1.29, 1.82) is 0 Å². The van der Waals surface area contributed by atoms with Gasteiger partial charge in [-0.15, -0.1) is 0 Å². The van der Waals surface area contributed by atoms with Crippen LogP contribution in [0.15, 0.2) is 55.0 Å². The van der Waals surface area contributed by atoms with Crippen molar-refractivity contribution >= 4 is 22.6 Å². The number of nitrogens with zero attached hydrogens (tertiary/aromatic N) is 5. The number of hydrogen-bond acceptors (Lipinski definition) is 6. The highest BCUT2D eigenvalue weighted by Gasteiger charge is 2.50. The lowest BCUT2D eigenvalue weighted by atomic mass is 9.78. The van der Waals surface area contributed by atoms with E-state index in [0.29, 0.717) is 5.69 Å². The molecule has 1 N–H and O–H groups in total. The van der Waals surface area contributed by atoms with Gasteiger partial charge in [0.15, 0.2) is 0 Å². The number of likely N-dealkylation sites (tertiary alicyclic amines) is 1. The number of aryl methyl sites for hydroxylation is 1. The first kappa shape index (κ1) is 23.4. The fourth-order valence-electron chi connectivity index (χ4n) is 5.96. The summed E-state index contributed by atoms with van der Waals surface area (Å²) >= 11 is 0. The molecule has 0 unspecified atom stereocenters. The molecule has 0 saturated carbocycles. The maximum atomic E-state index is 12.8. The quantitative estimate of drug-likeness (QED) is 0.452. The molecule has 1 spiro atoms. The number of amides is 1. The zero-order valence-corrected chi connectivity index (χ0v) is 21.9. The second kappa shape index (κ2) is 8.92. The minimum atomic E-state index is -0.00709. The summed E-state index contributed by atoms with van der Waals surface area (Å²) in [4.78, 5) is 32.1. The number of piperazine rings is 1. The van der Waals surface area contributed by atoms with E-state index in [1.54, 1.807) is 6.20 Å². The van der Waals surface area contributed by atoms with Gasteiger partial charge in [0.2, 0.25) is 0 Å². The number of nitrogens with one attached hydrogen (secondary N) is 1. The summed E-state index contributed by atoms with van der Waals surface area (Å²) in [6, 6.07) is 12.7. The van der Waals surface area contributed by atoms with Crippen molar-refractivity contribution in [2.45, 2.75) is 6.92 Å². The van der Waals surface area contributed by atoms with Crippen LogP contribution in [-0.4, -0.2) is 90.2 Å². The predicted octanol–water partition coefficient (Wildman–Crippen LogP) is 3.82. The van der Waals surface area contributed by atoms with Crippen LogP contribution in [0.5, 0.6) is 0 Å². The van der Waals surface area contributed by atoms with Gasteiger partial charge in [-0.05, 0) is 49.4 Å². The smallest absolute Gasteiger partial charge is 0.272 e. The average molecular weight is 509 g/mol. The van der Waals surface area contributed by atoms with E-state index in [4.69, 9.17) is 9.72 Å². The fourth-order valence-corrected chi connectivity index (χ4v) is 5.96. The van der Waals surface area contributed by atoms with E-state index in [9.17, 15) is 4.79 Å². The summed E-state index contributed by atoms with van der Waals surface area (Å²) < 4.78 is 5.32. The monoisotopic (exact) mass is 508 g/mol. The molecule has 7 rings (SSSR count). The molecule has 0 radical (unpaired) electrons. The SMILES string of the molecule is Cc1cc(-c2cnc3[nH]cc(-c4ccc(C(=O)N5CC6(COC6)C5)nc4)c3c2)ccc1N1CCN(C)CC1. The number of aromatic amines is 1. The number of ether oxygens (including phenoxy) is 1. The lowest BCUT2D eigenvalue weighted by Crippen LogP contribution is -2.67. The molecule has 3 aliphatic rings. The maximum absolute atomic E-state index is 12.8. The highest BCUT2D eigenvalue weighted by Crippen LogP contribution is 2.38. The topological polar surface area (TPSA) is 77.6 Å². The zero-order valence-electron chi connectivity index (χ0n) is 21.9. The Morgan fingerprint density at radius 1 is 0.947 bits per heavy atom. The summed E-state index contributed by atoms with van der Waals surface area (Å²) in [6.07, 6.45) is 5.69. The molecule has 3 aromatic heterocycles. The van der Waals surface area contributed by atoms with Gasteiger partial charge in [-0.25, -0.2) is 4.98 Å². The van der Waals surface area contributed by atoms with Crippen molar-refractivity contribution in [2.75, 3.05) is 64.4 Å². The van der Waals surface area contributed by atoms with Crippen LogP contribution in [0.2, 0.25) is 0 Å². The lowest BCUT2D eigenvalue weighted by Gasteiger charge is -2.54. The average Bonchev–Trinajstić information content (AvgIpc) is 3.31. The van der Waals surface area contributed by atoms with E-state index in [2.05, 4.69) is 58.0 Å². The third kappa shape index (κ3) is 3.95. The number of rotatable bonds is 4. The van der Waals surface area contributed by atoms with Crippen molar-refractivity contribution in [2.24, 2.45) is 5.41 Å². The Balaban J connectivity index is 1.12. The zero-order chi connectivity index (χ0) is 25.9. The molecule has 8 heteroatoms. The number of carbonyl (C=O) groups is 1. The molecule has 38 heavy (non-hydrogen) atoms. The summed E-state index contributed by atoms with van der Waals surface area (Å²) in [5.74, 6) is -0.00709. The van der Waals surface area contributed by atoms with E-state index in [0.717, 1.165) is 85.8 Å². The number of anilines is 1. The molecular weight excluding hydrogens is 476 g/mol. The summed E-state index contributed by atoms with van der Waals surface area (Å²) in [6.45, 7) is 9.56. The van der Waals surface area contributed by atoms with Gasteiger partial charge in [-0.3, -0.25) is 9.78 Å². The Kier molecular flexibility index (Phi) is 5.49. The van der Waals surface area contributed by atoms with Gasteiger partial charge in [0.25, 0.3) is 5.91 Å². The van der Waals surface area contributed by atoms with Gasteiger partial charge in [-0.1, -0.05) is 12.1 Å². The highest BCUT2D eigenvalue weighted by molar-refractivity contribution is 5.97. The predicted molar refractivity (Wildman–Crippen MR) is 148 cm³/mol. The van der Waals surface area contributed by atoms with Crippen molar-refractivity contribution < 1.29 is 9.53 Å². The molecule has 0 bridgehead atoms. The van der Waals surface area contributed by atoms with Crippen LogP contribution in [-0.2, 0) is 4.74 Å². The fraction of sp³-hybridized carbons (Fsp3) is 0.367. The molecule has 8 nitrogen and oxygen atoms in total. The van der Waals surface area contributed by atoms with Crippen LogP contribution in [0, 0.1) is 12.3 Å². The number of aromatic nitrogens is 3. The van der Waals surface area contributed by atoms with E-state index in [1.807, 2.05) is 29.4 Å². The molecular formula is C30H32N6O2. The van der Waals surface area contributed by atoms with Crippen LogP contribution < -0.4 is 4.90 Å². The molecule has 0 aliphatic carbocycles. The normalized spacial score (nSPS) is 19.0. The molecule has 1 aromatic carbocycles. The van der Waals surface area contributed by atoms with Gasteiger partial charge in [-0.2, -0.15) is 0 Å². The first-order chi connectivity index (χ1) is 18.5. The second-order valence-electron chi connectivity index (χ2n) is 11.2. The molecule has 0 atom stereocenters. The number of hydrogen-bond donors (Lipinski definition) is 1. The highest BCUT2D eigenvalue weighted by atomic mass is 16.5. The molecule has 4 aromatic rings. The maximum Gasteiger partial charge on any atom is 0.272 e. The Labute approximate surface area is 222 Å². The largest absolute Gasteiger partial charge is 0.380 e. The van der Waals surface area contributed by atoms with Crippen LogP contribution >= 0.6 is 0 Å². The molecule has 194 valence electrons.